The molecule has 0 amide bonds. The first-order valence-electron chi connectivity index (χ1n) is 6.70. The van der Waals surface area contributed by atoms with Crippen molar-refractivity contribution in [1.82, 2.24) is 35.2 Å². The van der Waals surface area contributed by atoms with Crippen LogP contribution in [0.25, 0.3) is 28.5 Å². The Kier molecular flexibility index (Phi) is 2.93. The number of H-pyrrole nitrogens is 1. The minimum absolute atomic E-state index is 0.574. The quantitative estimate of drug-likeness (QED) is 0.624. The predicted molar refractivity (Wildman–Crippen MR) is 80.0 cm³/mol. The van der Waals surface area contributed by atoms with Gasteiger partial charge in [-0.3, -0.25) is 9.55 Å². The predicted octanol–water partition coefficient (Wildman–Crippen LogP) is 2.11. The molecule has 1 N–H and O–H groups in total. The van der Waals surface area contributed by atoms with E-state index >= 15 is 0 Å². The van der Waals surface area contributed by atoms with Gasteiger partial charge in [0.25, 0.3) is 0 Å². The zero-order chi connectivity index (χ0) is 14.8. The van der Waals surface area contributed by atoms with Crippen LogP contribution >= 0.6 is 0 Å². The third kappa shape index (κ3) is 2.14. The number of tetrazole rings is 1. The summed E-state index contributed by atoms with van der Waals surface area (Å²) >= 11 is 0. The second-order valence-corrected chi connectivity index (χ2v) is 4.64. The fraction of sp³-hybridized carbons (Fsp3) is 0. The Labute approximate surface area is 125 Å². The van der Waals surface area contributed by atoms with Gasteiger partial charge in [0.1, 0.15) is 5.82 Å². The van der Waals surface area contributed by atoms with Gasteiger partial charge in [-0.05, 0) is 41.6 Å². The van der Waals surface area contributed by atoms with Crippen molar-refractivity contribution in [2.45, 2.75) is 0 Å². The van der Waals surface area contributed by atoms with Crippen molar-refractivity contribution in [2.75, 3.05) is 0 Å². The Morgan fingerprint density at radius 2 is 1.86 bits per heavy atom. The highest BCUT2D eigenvalue weighted by atomic mass is 15.5. The Bertz CT molecular complexity index is 864. The molecule has 0 aliphatic heterocycles. The van der Waals surface area contributed by atoms with Gasteiger partial charge in [-0.1, -0.05) is 0 Å². The van der Waals surface area contributed by atoms with E-state index in [9.17, 15) is 0 Å². The summed E-state index contributed by atoms with van der Waals surface area (Å²) in [6.07, 6.45) is 7.24. The Morgan fingerprint density at radius 3 is 2.59 bits per heavy atom. The van der Waals surface area contributed by atoms with Crippen LogP contribution in [0.3, 0.4) is 0 Å². The van der Waals surface area contributed by atoms with E-state index in [0.29, 0.717) is 5.82 Å². The van der Waals surface area contributed by atoms with Gasteiger partial charge in [0.05, 0.1) is 0 Å². The van der Waals surface area contributed by atoms with Gasteiger partial charge in [-0.2, -0.15) is 5.21 Å². The van der Waals surface area contributed by atoms with E-state index in [-0.39, 0.29) is 0 Å². The Morgan fingerprint density at radius 1 is 0.955 bits per heavy atom. The lowest BCUT2D eigenvalue weighted by Gasteiger charge is -2.08. The number of nitrogens with zero attached hydrogens (tertiary/aromatic N) is 6. The first kappa shape index (κ1) is 12.4. The molecule has 3 heterocycles. The van der Waals surface area contributed by atoms with E-state index in [0.717, 1.165) is 22.6 Å². The molecule has 0 aliphatic rings. The molecule has 7 nitrogen and oxygen atoms in total. The summed E-state index contributed by atoms with van der Waals surface area (Å²) in [6.45, 7) is 0. The molecule has 4 aromatic rings. The van der Waals surface area contributed by atoms with Crippen LogP contribution in [0.1, 0.15) is 0 Å². The molecule has 22 heavy (non-hydrogen) atoms. The van der Waals surface area contributed by atoms with E-state index in [1.807, 2.05) is 47.2 Å². The summed E-state index contributed by atoms with van der Waals surface area (Å²) in [5.74, 6) is 1.42. The lowest BCUT2D eigenvalue weighted by atomic mass is 10.2. The molecule has 7 heteroatoms. The standard InChI is InChI=1S/C15H11N7/c1-2-12(10-16-7-1)15-17-8-9-22(15)13-5-3-11(4-6-13)14-18-20-21-19-14/h1-10H,(H,18,19,20,21). The number of benzene rings is 1. The molecule has 3 aromatic heterocycles. The van der Waals surface area contributed by atoms with Gasteiger partial charge in [-0.15, -0.1) is 10.2 Å². The van der Waals surface area contributed by atoms with Crippen molar-refractivity contribution in [3.05, 3.63) is 61.2 Å². The van der Waals surface area contributed by atoms with Gasteiger partial charge in [0.15, 0.2) is 0 Å². The minimum atomic E-state index is 0.574. The molecule has 0 saturated carbocycles. The van der Waals surface area contributed by atoms with E-state index < -0.39 is 0 Å². The second kappa shape index (κ2) is 5.21. The van der Waals surface area contributed by atoms with Crippen LogP contribution in [-0.2, 0) is 0 Å². The van der Waals surface area contributed by atoms with Crippen LogP contribution in [0, 0.1) is 0 Å². The first-order chi connectivity index (χ1) is 10.9. The molecule has 106 valence electrons. The Balaban J connectivity index is 1.73. The van der Waals surface area contributed by atoms with Gasteiger partial charge in [-0.25, -0.2) is 4.98 Å². The monoisotopic (exact) mass is 289 g/mol. The summed E-state index contributed by atoms with van der Waals surface area (Å²) in [5, 5.41) is 14.0. The van der Waals surface area contributed by atoms with Crippen molar-refractivity contribution < 1.29 is 0 Å². The summed E-state index contributed by atoms with van der Waals surface area (Å²) in [6, 6.07) is 11.8. The number of pyridine rings is 1. The number of aromatic nitrogens is 7. The smallest absolute Gasteiger partial charge is 0.204 e. The maximum atomic E-state index is 4.42. The molecule has 1 aromatic carbocycles. The molecule has 0 saturated heterocycles. The fourth-order valence-electron chi connectivity index (χ4n) is 2.28. The second-order valence-electron chi connectivity index (χ2n) is 4.64. The van der Waals surface area contributed by atoms with Crippen LogP contribution in [0.2, 0.25) is 0 Å². The van der Waals surface area contributed by atoms with Crippen molar-refractivity contribution >= 4 is 0 Å². The van der Waals surface area contributed by atoms with Crippen molar-refractivity contribution in [3.63, 3.8) is 0 Å². The van der Waals surface area contributed by atoms with E-state index in [1.165, 1.54) is 0 Å². The third-order valence-electron chi connectivity index (χ3n) is 3.31. The summed E-state index contributed by atoms with van der Waals surface area (Å²) in [4.78, 5) is 8.56. The number of aromatic amines is 1. The number of hydrogen-bond donors (Lipinski definition) is 1. The molecule has 0 bridgehead atoms. The molecule has 0 fully saturated rings. The number of hydrogen-bond acceptors (Lipinski definition) is 5. The van der Waals surface area contributed by atoms with Crippen LogP contribution in [0.4, 0.5) is 0 Å². The lowest BCUT2D eigenvalue weighted by molar-refractivity contribution is 0.881. The molecular formula is C15H11N7. The minimum Gasteiger partial charge on any atom is -0.300 e. The Hall–Kier alpha value is -3.35. The maximum Gasteiger partial charge on any atom is 0.204 e. The molecule has 0 unspecified atom stereocenters. The number of nitrogens with one attached hydrogen (secondary N) is 1. The van der Waals surface area contributed by atoms with E-state index in [2.05, 4.69) is 30.6 Å². The van der Waals surface area contributed by atoms with Gasteiger partial charge in [0.2, 0.25) is 5.82 Å². The average Bonchev–Trinajstić information content (AvgIpc) is 3.28. The van der Waals surface area contributed by atoms with E-state index in [4.69, 9.17) is 0 Å². The highest BCUT2D eigenvalue weighted by Gasteiger charge is 2.08. The van der Waals surface area contributed by atoms with Gasteiger partial charge in [0, 0.05) is 41.6 Å². The molecule has 0 radical (unpaired) electrons. The van der Waals surface area contributed by atoms with Gasteiger partial charge < -0.3 is 0 Å². The summed E-state index contributed by atoms with van der Waals surface area (Å²) < 4.78 is 2.01. The van der Waals surface area contributed by atoms with Crippen LogP contribution < -0.4 is 0 Å². The van der Waals surface area contributed by atoms with Crippen LogP contribution in [-0.4, -0.2) is 35.2 Å². The molecule has 0 atom stereocenters. The fourth-order valence-corrected chi connectivity index (χ4v) is 2.28. The average molecular weight is 289 g/mol. The maximum absolute atomic E-state index is 4.42. The van der Waals surface area contributed by atoms with Gasteiger partial charge >= 0.3 is 0 Å². The SMILES string of the molecule is c1cncc(-c2nccn2-c2ccc(-c3nn[nH]n3)cc2)c1. The van der Waals surface area contributed by atoms with Crippen LogP contribution in [0.5, 0.6) is 0 Å². The largest absolute Gasteiger partial charge is 0.300 e. The number of rotatable bonds is 3. The van der Waals surface area contributed by atoms with Crippen LogP contribution in [0.15, 0.2) is 61.2 Å². The highest BCUT2D eigenvalue weighted by Crippen LogP contribution is 2.22. The lowest BCUT2D eigenvalue weighted by Crippen LogP contribution is -1.96. The molecule has 0 spiro atoms. The van der Waals surface area contributed by atoms with Crippen molar-refractivity contribution in [3.8, 4) is 28.5 Å². The summed E-state index contributed by atoms with van der Waals surface area (Å²) in [7, 11) is 0. The normalized spacial score (nSPS) is 10.7. The van der Waals surface area contributed by atoms with E-state index in [1.54, 1.807) is 18.6 Å². The number of imidazole rings is 1. The zero-order valence-corrected chi connectivity index (χ0v) is 11.5. The zero-order valence-electron chi connectivity index (χ0n) is 11.5. The molecule has 0 aliphatic carbocycles. The summed E-state index contributed by atoms with van der Waals surface area (Å²) in [5.41, 5.74) is 2.87. The van der Waals surface area contributed by atoms with Crippen molar-refractivity contribution in [1.29, 1.82) is 0 Å². The topological polar surface area (TPSA) is 85.2 Å². The molecular weight excluding hydrogens is 278 g/mol. The highest BCUT2D eigenvalue weighted by molar-refractivity contribution is 5.60. The molecule has 4 rings (SSSR count). The van der Waals surface area contributed by atoms with Crippen molar-refractivity contribution in [2.24, 2.45) is 0 Å². The third-order valence-corrected chi connectivity index (χ3v) is 3.31. The first-order valence-corrected chi connectivity index (χ1v) is 6.70.